The SMILES string of the molecule is COc1ccc(C(OC[C@@]2(CNC(=O)C(F)(F)F)O[C@@H](n3ccc(N)nc3=O)[C@H](OC)[C@@H]2O)(c2ccccc2)c2ccc(OC)cc2)cc1. The van der Waals surface area contributed by atoms with E-state index in [0.29, 0.717) is 28.2 Å². The standard InChI is InChI=1S/C34H35F3N4O8/c1-45-24-13-9-22(10-14-24)33(21-7-5-4-6-8-21,23-11-15-25(46-2)16-12-23)48-20-32(19-39-30(43)34(35,36)37)28(42)27(47-3)29(49-32)41-18-17-26(38)40-31(41)44/h4-18,27-29,42H,19-20H2,1-3H3,(H,39,43)(H2,38,40,44)/t27-,28+,29-,32-/m1/s1. The van der Waals surface area contributed by atoms with Crippen molar-refractivity contribution in [3.05, 3.63) is 118 Å². The maximum Gasteiger partial charge on any atom is 0.471 e. The number of amides is 1. The molecule has 1 saturated heterocycles. The van der Waals surface area contributed by atoms with Crippen molar-refractivity contribution < 1.29 is 46.8 Å². The first-order valence-corrected chi connectivity index (χ1v) is 15.0. The molecular weight excluding hydrogens is 649 g/mol. The Labute approximate surface area is 279 Å². The van der Waals surface area contributed by atoms with Crippen LogP contribution < -0.4 is 26.2 Å². The van der Waals surface area contributed by atoms with Gasteiger partial charge in [0, 0.05) is 13.3 Å². The predicted octanol–water partition coefficient (Wildman–Crippen LogP) is 3.17. The molecule has 0 bridgehead atoms. The molecule has 1 aliphatic heterocycles. The molecule has 260 valence electrons. The van der Waals surface area contributed by atoms with E-state index >= 15 is 0 Å². The number of nitrogens with one attached hydrogen (secondary N) is 1. The zero-order valence-corrected chi connectivity index (χ0v) is 26.7. The zero-order valence-electron chi connectivity index (χ0n) is 26.7. The van der Waals surface area contributed by atoms with Gasteiger partial charge in [-0.2, -0.15) is 18.2 Å². The number of nitrogens with two attached hydrogens (primary N) is 1. The van der Waals surface area contributed by atoms with Crippen LogP contribution in [0, 0.1) is 0 Å². The van der Waals surface area contributed by atoms with Crippen molar-refractivity contribution in [2.75, 3.05) is 40.2 Å². The highest BCUT2D eigenvalue weighted by atomic mass is 19.4. The average molecular weight is 685 g/mol. The molecule has 4 N–H and O–H groups in total. The number of nitrogens with zero attached hydrogens (tertiary/aromatic N) is 2. The highest BCUT2D eigenvalue weighted by Crippen LogP contribution is 2.45. The van der Waals surface area contributed by atoms with Crippen molar-refractivity contribution in [1.82, 2.24) is 14.9 Å². The molecule has 2 heterocycles. The van der Waals surface area contributed by atoms with E-state index in [1.165, 1.54) is 33.6 Å². The van der Waals surface area contributed by atoms with Gasteiger partial charge in [-0.15, -0.1) is 0 Å². The molecule has 1 amide bonds. The third kappa shape index (κ3) is 6.96. The van der Waals surface area contributed by atoms with E-state index in [2.05, 4.69) is 4.98 Å². The zero-order chi connectivity index (χ0) is 35.4. The quantitative estimate of drug-likeness (QED) is 0.190. The summed E-state index contributed by atoms with van der Waals surface area (Å²) in [4.78, 5) is 28.7. The summed E-state index contributed by atoms with van der Waals surface area (Å²) in [6, 6.07) is 24.2. The maximum atomic E-state index is 13.4. The highest BCUT2D eigenvalue weighted by Gasteiger charge is 2.58. The number of rotatable bonds is 12. The monoisotopic (exact) mass is 684 g/mol. The lowest BCUT2D eigenvalue weighted by molar-refractivity contribution is -0.181. The van der Waals surface area contributed by atoms with Crippen LogP contribution in [0.2, 0.25) is 0 Å². The topological polar surface area (TPSA) is 156 Å². The number of benzene rings is 3. The largest absolute Gasteiger partial charge is 0.497 e. The van der Waals surface area contributed by atoms with E-state index in [9.17, 15) is 27.9 Å². The Morgan fingerprint density at radius 3 is 1.98 bits per heavy atom. The van der Waals surface area contributed by atoms with Gasteiger partial charge >= 0.3 is 17.8 Å². The molecule has 0 radical (unpaired) electrons. The normalized spacial score (nSPS) is 20.9. The molecule has 0 unspecified atom stereocenters. The molecule has 4 atom stereocenters. The van der Waals surface area contributed by atoms with E-state index in [4.69, 9.17) is 29.4 Å². The molecule has 1 fully saturated rings. The Kier molecular flexibility index (Phi) is 10.3. The molecule has 49 heavy (non-hydrogen) atoms. The van der Waals surface area contributed by atoms with Crippen LogP contribution in [0.4, 0.5) is 19.0 Å². The molecule has 5 rings (SSSR count). The number of methoxy groups -OCH3 is 3. The van der Waals surface area contributed by atoms with Gasteiger partial charge in [0.05, 0.1) is 27.4 Å². The van der Waals surface area contributed by atoms with Crippen molar-refractivity contribution in [2.24, 2.45) is 0 Å². The average Bonchev–Trinajstić information content (AvgIpc) is 3.38. The lowest BCUT2D eigenvalue weighted by Gasteiger charge is -2.40. The fraction of sp³-hybridized carbons (Fsp3) is 0.324. The van der Waals surface area contributed by atoms with Crippen molar-refractivity contribution in [2.45, 2.75) is 35.8 Å². The van der Waals surface area contributed by atoms with Gasteiger partial charge in [0.15, 0.2) is 6.23 Å². The summed E-state index contributed by atoms with van der Waals surface area (Å²) in [5.41, 5.74) is 2.92. The van der Waals surface area contributed by atoms with E-state index in [0.717, 1.165) is 4.57 Å². The van der Waals surface area contributed by atoms with E-state index in [1.54, 1.807) is 78.9 Å². The van der Waals surface area contributed by atoms with Crippen molar-refractivity contribution >= 4 is 11.7 Å². The smallest absolute Gasteiger partial charge is 0.471 e. The van der Waals surface area contributed by atoms with Gasteiger partial charge in [-0.05, 0) is 47.0 Å². The van der Waals surface area contributed by atoms with Crippen LogP contribution in [-0.4, -0.2) is 79.0 Å². The number of carbonyl (C=O) groups is 1. The lowest BCUT2D eigenvalue weighted by Crippen LogP contribution is -2.57. The van der Waals surface area contributed by atoms with Crippen molar-refractivity contribution in [3.8, 4) is 11.5 Å². The summed E-state index contributed by atoms with van der Waals surface area (Å²) < 4.78 is 70.7. The van der Waals surface area contributed by atoms with Crippen molar-refractivity contribution in [1.29, 1.82) is 0 Å². The number of nitrogen functional groups attached to an aromatic ring is 1. The summed E-state index contributed by atoms with van der Waals surface area (Å²) in [6.07, 6.45) is -8.49. The Hall–Kier alpha value is -4.96. The molecule has 4 aromatic rings. The Morgan fingerprint density at radius 1 is 0.939 bits per heavy atom. The molecule has 3 aromatic carbocycles. The molecule has 0 saturated carbocycles. The second kappa shape index (κ2) is 14.3. The van der Waals surface area contributed by atoms with Crippen LogP contribution >= 0.6 is 0 Å². The number of carbonyl (C=O) groups excluding carboxylic acids is 1. The molecule has 12 nitrogen and oxygen atoms in total. The number of aromatic nitrogens is 2. The van der Waals surface area contributed by atoms with Crippen LogP contribution in [-0.2, 0) is 24.6 Å². The summed E-state index contributed by atoms with van der Waals surface area (Å²) in [7, 11) is 4.26. The molecule has 15 heteroatoms. The molecule has 1 aromatic heterocycles. The van der Waals surface area contributed by atoms with Crippen molar-refractivity contribution in [3.63, 3.8) is 0 Å². The van der Waals surface area contributed by atoms with Gasteiger partial charge in [0.2, 0.25) is 0 Å². The number of anilines is 1. The van der Waals surface area contributed by atoms with Crippen LogP contribution in [0.3, 0.4) is 0 Å². The fourth-order valence-corrected chi connectivity index (χ4v) is 5.86. The number of aliphatic hydroxyl groups excluding tert-OH is 1. The van der Waals surface area contributed by atoms with E-state index in [-0.39, 0.29) is 5.82 Å². The molecule has 0 spiro atoms. The lowest BCUT2D eigenvalue weighted by atomic mass is 9.79. The third-order valence-electron chi connectivity index (χ3n) is 8.40. The summed E-state index contributed by atoms with van der Waals surface area (Å²) in [5, 5.41) is 13.6. The minimum atomic E-state index is -5.25. The number of hydrogen-bond acceptors (Lipinski definition) is 10. The van der Waals surface area contributed by atoms with Gasteiger partial charge in [0.25, 0.3) is 0 Å². The van der Waals surface area contributed by atoms with E-state index in [1.807, 2.05) is 5.32 Å². The van der Waals surface area contributed by atoms with Crippen LogP contribution in [0.1, 0.15) is 22.9 Å². The van der Waals surface area contributed by atoms with Crippen LogP contribution in [0.15, 0.2) is 95.9 Å². The number of hydrogen-bond donors (Lipinski definition) is 3. The fourth-order valence-electron chi connectivity index (χ4n) is 5.86. The first-order chi connectivity index (χ1) is 23.4. The number of ether oxygens (including phenoxy) is 5. The summed E-state index contributed by atoms with van der Waals surface area (Å²) in [6.45, 7) is -1.52. The third-order valence-corrected chi connectivity index (χ3v) is 8.40. The number of aliphatic hydroxyl groups is 1. The first kappa shape index (κ1) is 35.3. The summed E-state index contributed by atoms with van der Waals surface area (Å²) >= 11 is 0. The van der Waals surface area contributed by atoms with Gasteiger partial charge < -0.3 is 39.8 Å². The number of alkyl halides is 3. The molecule has 0 aliphatic carbocycles. The number of halogens is 3. The maximum absolute atomic E-state index is 13.4. The predicted molar refractivity (Wildman–Crippen MR) is 170 cm³/mol. The molecular formula is C34H35F3N4O8. The second-order valence-electron chi connectivity index (χ2n) is 11.2. The van der Waals surface area contributed by atoms with Crippen LogP contribution in [0.25, 0.3) is 0 Å². The Balaban J connectivity index is 1.68. The van der Waals surface area contributed by atoms with Gasteiger partial charge in [-0.25, -0.2) is 4.79 Å². The first-order valence-electron chi connectivity index (χ1n) is 15.0. The van der Waals surface area contributed by atoms with Gasteiger partial charge in [0.1, 0.15) is 40.7 Å². The Bertz CT molecular complexity index is 1740. The van der Waals surface area contributed by atoms with Crippen LogP contribution in [0.5, 0.6) is 11.5 Å². The minimum absolute atomic E-state index is 0.0903. The Morgan fingerprint density at radius 2 is 1.49 bits per heavy atom. The second-order valence-corrected chi connectivity index (χ2v) is 11.2. The minimum Gasteiger partial charge on any atom is -0.497 e. The summed E-state index contributed by atoms with van der Waals surface area (Å²) in [5.74, 6) is -1.26. The van der Waals surface area contributed by atoms with E-state index < -0.39 is 60.6 Å². The molecule has 1 aliphatic rings. The van der Waals surface area contributed by atoms with Gasteiger partial charge in [-0.3, -0.25) is 9.36 Å². The highest BCUT2D eigenvalue weighted by molar-refractivity contribution is 5.81. The van der Waals surface area contributed by atoms with Gasteiger partial charge in [-0.1, -0.05) is 54.6 Å².